The van der Waals surface area contributed by atoms with E-state index in [1.807, 2.05) is 0 Å². The van der Waals surface area contributed by atoms with Crippen molar-refractivity contribution in [2.24, 2.45) is 0 Å². The second-order valence-corrected chi connectivity index (χ2v) is 7.81. The number of halogens is 2. The second-order valence-electron chi connectivity index (χ2n) is 3.77. The van der Waals surface area contributed by atoms with E-state index in [0.717, 1.165) is 0 Å². The van der Waals surface area contributed by atoms with Crippen LogP contribution in [-0.4, -0.2) is 37.2 Å². The Morgan fingerprint density at radius 2 is 2.18 bits per heavy atom. The molecule has 1 saturated heterocycles. The highest BCUT2D eigenvalue weighted by Crippen LogP contribution is 2.23. The van der Waals surface area contributed by atoms with E-state index in [1.54, 1.807) is 11.4 Å². The number of carbonyl (C=O) groups excluding carboxylic acids is 1. The first-order valence-corrected chi connectivity index (χ1v) is 8.29. The first-order valence-electron chi connectivity index (χ1n) is 4.77. The van der Waals surface area contributed by atoms with Gasteiger partial charge in [0.05, 0.1) is 27.9 Å². The zero-order valence-corrected chi connectivity index (χ0v) is 11.7. The van der Waals surface area contributed by atoms with E-state index in [4.69, 9.17) is 23.2 Å². The van der Waals surface area contributed by atoms with Gasteiger partial charge in [0.1, 0.15) is 4.88 Å². The first-order chi connectivity index (χ1) is 7.89. The lowest BCUT2D eigenvalue weighted by molar-refractivity contribution is 0.0946. The number of thiophene rings is 1. The number of alkyl halides is 1. The molecule has 0 saturated carbocycles. The SMILES string of the molecule is O=C(NC1CS(=O)(=O)CC1Cl)c1sccc1Cl. The molecule has 1 fully saturated rings. The van der Waals surface area contributed by atoms with Crippen LogP contribution >= 0.6 is 34.5 Å². The van der Waals surface area contributed by atoms with Gasteiger partial charge in [-0.1, -0.05) is 11.6 Å². The van der Waals surface area contributed by atoms with E-state index >= 15 is 0 Å². The van der Waals surface area contributed by atoms with Crippen LogP contribution in [0, 0.1) is 0 Å². The van der Waals surface area contributed by atoms with Crippen LogP contribution in [0.2, 0.25) is 5.02 Å². The maximum absolute atomic E-state index is 11.8. The van der Waals surface area contributed by atoms with Crippen molar-refractivity contribution in [2.75, 3.05) is 11.5 Å². The minimum atomic E-state index is -3.15. The van der Waals surface area contributed by atoms with Crippen molar-refractivity contribution in [3.8, 4) is 0 Å². The molecule has 0 aromatic carbocycles. The molecule has 4 nitrogen and oxygen atoms in total. The van der Waals surface area contributed by atoms with Crippen LogP contribution in [-0.2, 0) is 9.84 Å². The third kappa shape index (κ3) is 2.93. The van der Waals surface area contributed by atoms with Gasteiger partial charge in [0.25, 0.3) is 5.91 Å². The summed E-state index contributed by atoms with van der Waals surface area (Å²) in [6.07, 6.45) is 0. The van der Waals surface area contributed by atoms with E-state index in [1.165, 1.54) is 11.3 Å². The van der Waals surface area contributed by atoms with E-state index in [-0.39, 0.29) is 17.4 Å². The van der Waals surface area contributed by atoms with Crippen LogP contribution in [0.3, 0.4) is 0 Å². The quantitative estimate of drug-likeness (QED) is 0.842. The molecule has 94 valence electrons. The van der Waals surface area contributed by atoms with E-state index in [9.17, 15) is 13.2 Å². The van der Waals surface area contributed by atoms with Gasteiger partial charge in [0, 0.05) is 0 Å². The highest BCUT2D eigenvalue weighted by atomic mass is 35.5. The van der Waals surface area contributed by atoms with Gasteiger partial charge in [-0.2, -0.15) is 0 Å². The minimum absolute atomic E-state index is 0.0995. The highest BCUT2D eigenvalue weighted by Gasteiger charge is 2.37. The Hall–Kier alpha value is -0.300. The molecule has 1 aliphatic rings. The summed E-state index contributed by atoms with van der Waals surface area (Å²) in [7, 11) is -3.15. The maximum atomic E-state index is 11.8. The number of carbonyl (C=O) groups is 1. The highest BCUT2D eigenvalue weighted by molar-refractivity contribution is 7.91. The van der Waals surface area contributed by atoms with Crippen LogP contribution in [0.25, 0.3) is 0 Å². The predicted octanol–water partition coefficient (Wildman–Crippen LogP) is 1.54. The van der Waals surface area contributed by atoms with E-state index < -0.39 is 21.3 Å². The van der Waals surface area contributed by atoms with Crippen LogP contribution in [0.5, 0.6) is 0 Å². The van der Waals surface area contributed by atoms with Gasteiger partial charge in [0.15, 0.2) is 9.84 Å². The Morgan fingerprint density at radius 1 is 1.47 bits per heavy atom. The number of nitrogens with one attached hydrogen (secondary N) is 1. The number of hydrogen-bond acceptors (Lipinski definition) is 4. The van der Waals surface area contributed by atoms with Crippen LogP contribution in [0.15, 0.2) is 11.4 Å². The predicted molar refractivity (Wildman–Crippen MR) is 68.9 cm³/mol. The normalized spacial score (nSPS) is 26.9. The lowest BCUT2D eigenvalue weighted by Gasteiger charge is -2.13. The van der Waals surface area contributed by atoms with Gasteiger partial charge in [-0.05, 0) is 11.4 Å². The molecule has 0 bridgehead atoms. The fourth-order valence-corrected chi connectivity index (χ4v) is 5.22. The first kappa shape index (κ1) is 13.1. The number of hydrogen-bond donors (Lipinski definition) is 1. The van der Waals surface area contributed by atoms with Gasteiger partial charge in [-0.3, -0.25) is 4.79 Å². The number of sulfone groups is 1. The summed E-state index contributed by atoms with van der Waals surface area (Å²) in [5.41, 5.74) is 0. The van der Waals surface area contributed by atoms with Gasteiger partial charge < -0.3 is 5.32 Å². The molecule has 2 heterocycles. The molecule has 1 amide bonds. The molecular formula is C9H9Cl2NO3S2. The van der Waals surface area contributed by atoms with Crippen molar-refractivity contribution in [3.63, 3.8) is 0 Å². The van der Waals surface area contributed by atoms with E-state index in [0.29, 0.717) is 9.90 Å². The van der Waals surface area contributed by atoms with Crippen molar-refractivity contribution in [2.45, 2.75) is 11.4 Å². The lowest BCUT2D eigenvalue weighted by Crippen LogP contribution is -2.40. The fourth-order valence-electron chi connectivity index (χ4n) is 1.63. The molecule has 0 spiro atoms. The summed E-state index contributed by atoms with van der Waals surface area (Å²) in [6, 6.07) is 1.07. The van der Waals surface area contributed by atoms with Gasteiger partial charge in [-0.25, -0.2) is 8.42 Å². The Balaban J connectivity index is 2.08. The lowest BCUT2D eigenvalue weighted by atomic mass is 10.2. The smallest absolute Gasteiger partial charge is 0.263 e. The van der Waals surface area contributed by atoms with Crippen molar-refractivity contribution < 1.29 is 13.2 Å². The van der Waals surface area contributed by atoms with E-state index in [2.05, 4.69) is 5.32 Å². The van der Waals surface area contributed by atoms with Gasteiger partial charge in [-0.15, -0.1) is 22.9 Å². The largest absolute Gasteiger partial charge is 0.346 e. The number of amides is 1. The Morgan fingerprint density at radius 3 is 2.65 bits per heavy atom. The average Bonchev–Trinajstić information content (AvgIpc) is 2.71. The van der Waals surface area contributed by atoms with Crippen molar-refractivity contribution in [1.29, 1.82) is 0 Å². The maximum Gasteiger partial charge on any atom is 0.263 e. The summed E-state index contributed by atoms with van der Waals surface area (Å²) in [6.45, 7) is 0. The molecule has 1 N–H and O–H groups in total. The third-order valence-corrected chi connectivity index (χ3v) is 6.14. The topological polar surface area (TPSA) is 63.2 Å². The summed E-state index contributed by atoms with van der Waals surface area (Å²) in [5.74, 6) is -0.592. The van der Waals surface area contributed by atoms with Gasteiger partial charge in [0.2, 0.25) is 0 Å². The molecule has 17 heavy (non-hydrogen) atoms. The summed E-state index contributed by atoms with van der Waals surface area (Å²) in [4.78, 5) is 12.2. The fraction of sp³-hybridized carbons (Fsp3) is 0.444. The zero-order valence-electron chi connectivity index (χ0n) is 8.52. The monoisotopic (exact) mass is 313 g/mol. The van der Waals surface area contributed by atoms with Gasteiger partial charge >= 0.3 is 0 Å². The van der Waals surface area contributed by atoms with Crippen LogP contribution in [0.4, 0.5) is 0 Å². The zero-order chi connectivity index (χ0) is 12.6. The van der Waals surface area contributed by atoms with Crippen LogP contribution in [0.1, 0.15) is 9.67 Å². The Bertz CT molecular complexity index is 540. The molecule has 2 atom stereocenters. The second kappa shape index (κ2) is 4.76. The number of rotatable bonds is 2. The average molecular weight is 314 g/mol. The van der Waals surface area contributed by atoms with Crippen molar-refractivity contribution >= 4 is 50.3 Å². The molecule has 2 rings (SSSR count). The minimum Gasteiger partial charge on any atom is -0.346 e. The molecule has 1 aromatic rings. The standard InChI is InChI=1S/C9H9Cl2NO3S2/c10-5-1-2-16-8(5)9(13)12-7-4-17(14,15)3-6(7)11/h1-2,6-7H,3-4H2,(H,12,13). The molecule has 1 aromatic heterocycles. The Labute approximate surface area is 113 Å². The van der Waals surface area contributed by atoms with Crippen molar-refractivity contribution in [3.05, 3.63) is 21.3 Å². The van der Waals surface area contributed by atoms with Crippen molar-refractivity contribution in [1.82, 2.24) is 5.32 Å². The molecule has 1 aliphatic heterocycles. The van der Waals surface area contributed by atoms with Crippen LogP contribution < -0.4 is 5.32 Å². The Kier molecular flexibility index (Phi) is 3.68. The third-order valence-electron chi connectivity index (χ3n) is 2.42. The molecular weight excluding hydrogens is 305 g/mol. The molecule has 8 heteroatoms. The molecule has 2 unspecified atom stereocenters. The summed E-state index contributed by atoms with van der Waals surface area (Å²) >= 11 is 12.9. The molecule has 0 aliphatic carbocycles. The molecule has 0 radical (unpaired) electrons. The summed E-state index contributed by atoms with van der Waals surface area (Å²) in [5, 5.41) is 4.08. The summed E-state index contributed by atoms with van der Waals surface area (Å²) < 4.78 is 22.7.